The van der Waals surface area contributed by atoms with Gasteiger partial charge in [0, 0.05) is 6.20 Å². The average Bonchev–Trinajstić information content (AvgIpc) is 3.29. The summed E-state index contributed by atoms with van der Waals surface area (Å²) in [6, 6.07) is 47.8. The Bertz CT molecular complexity index is 2330. The van der Waals surface area contributed by atoms with E-state index in [9.17, 15) is 14.4 Å². The lowest BCUT2D eigenvalue weighted by Crippen LogP contribution is -2.79. The number of methoxy groups -OCH3 is 1. The van der Waals surface area contributed by atoms with Gasteiger partial charge >= 0.3 is 17.9 Å². The molecule has 0 bridgehead atoms. The quantitative estimate of drug-likeness (QED) is 0.0666. The first kappa shape index (κ1) is 42.5. The van der Waals surface area contributed by atoms with Crippen molar-refractivity contribution in [3.8, 4) is 11.6 Å². The van der Waals surface area contributed by atoms with E-state index in [0.717, 1.165) is 10.4 Å². The van der Waals surface area contributed by atoms with Gasteiger partial charge in [0.2, 0.25) is 11.5 Å². The lowest BCUT2D eigenvalue weighted by atomic mass is 9.97. The van der Waals surface area contributed by atoms with Crippen molar-refractivity contribution >= 4 is 37.1 Å². The van der Waals surface area contributed by atoms with Crippen LogP contribution >= 0.6 is 0 Å². The number of hydrogen-bond acceptors (Lipinski definition) is 11. The molecule has 0 spiro atoms. The van der Waals surface area contributed by atoms with Crippen molar-refractivity contribution in [1.82, 2.24) is 4.98 Å². The number of rotatable bonds is 14. The highest BCUT2D eigenvalue weighted by Gasteiger charge is 2.66. The molecule has 12 heteroatoms. The zero-order valence-electron chi connectivity index (χ0n) is 34.3. The lowest BCUT2D eigenvalue weighted by Gasteiger charge is -2.53. The van der Waals surface area contributed by atoms with Gasteiger partial charge in [-0.2, -0.15) is 0 Å². The molecule has 7 rings (SSSR count). The van der Waals surface area contributed by atoms with E-state index in [-0.39, 0.29) is 34.9 Å². The van der Waals surface area contributed by atoms with Gasteiger partial charge in [0.15, 0.2) is 26.8 Å². The summed E-state index contributed by atoms with van der Waals surface area (Å²) in [7, 11) is -1.69. The number of carbonyl (C=O) groups is 3. The van der Waals surface area contributed by atoms with Crippen LogP contribution in [0.15, 0.2) is 170 Å². The topological polar surface area (TPSA) is 129 Å². The minimum absolute atomic E-state index is 0.0125. The molecule has 5 aromatic carbocycles. The third-order valence-corrected chi connectivity index (χ3v) is 13.5. The highest BCUT2D eigenvalue weighted by Crippen LogP contribution is 2.42. The molecule has 0 amide bonds. The minimum Gasteiger partial charge on any atom is -0.491 e. The van der Waals surface area contributed by atoms with Crippen molar-refractivity contribution in [2.24, 2.45) is 0 Å². The van der Waals surface area contributed by atoms with Gasteiger partial charge in [-0.3, -0.25) is 0 Å². The minimum atomic E-state index is -3.17. The number of ether oxygens (including phenoxy) is 7. The molecule has 0 saturated carbocycles. The molecule has 1 aliphatic heterocycles. The predicted molar refractivity (Wildman–Crippen MR) is 231 cm³/mol. The molecule has 312 valence electrons. The SMILES string of the molecule is COc1cccnc1O[C@]1([SiH](c2ccccc2)c2ccccc2)O[C@H](COC(C)(C)C)[C@H](OC(=O)c2ccccc2)[C@H](OC(=O)c2ccccc2)[C@H]1OC(=O)c1ccccc1. The van der Waals surface area contributed by atoms with E-state index >= 15 is 0 Å². The van der Waals surface area contributed by atoms with Crippen molar-refractivity contribution < 1.29 is 47.5 Å². The molecule has 1 aliphatic rings. The second-order valence-electron chi connectivity index (χ2n) is 15.3. The smallest absolute Gasteiger partial charge is 0.338 e. The molecule has 6 aromatic rings. The zero-order chi connectivity index (χ0) is 42.8. The molecule has 0 aliphatic carbocycles. The third kappa shape index (κ3) is 10.1. The van der Waals surface area contributed by atoms with Crippen LogP contribution in [0.1, 0.15) is 51.8 Å². The van der Waals surface area contributed by atoms with Crippen molar-refractivity contribution in [2.45, 2.75) is 56.2 Å². The van der Waals surface area contributed by atoms with Crippen LogP contribution in [0.2, 0.25) is 0 Å². The Morgan fingerprint density at radius 2 is 1.05 bits per heavy atom. The number of nitrogens with zero attached hydrogens (tertiary/aromatic N) is 1. The second kappa shape index (κ2) is 19.2. The summed E-state index contributed by atoms with van der Waals surface area (Å²) >= 11 is 0. The zero-order valence-corrected chi connectivity index (χ0v) is 35.4. The van der Waals surface area contributed by atoms with Crippen molar-refractivity contribution in [3.63, 3.8) is 0 Å². The Balaban J connectivity index is 1.54. The van der Waals surface area contributed by atoms with Gasteiger partial charge < -0.3 is 33.2 Å². The molecule has 0 N–H and O–H groups in total. The summed E-state index contributed by atoms with van der Waals surface area (Å²) in [5.41, 5.74) is -2.12. The van der Waals surface area contributed by atoms with Gasteiger partial charge in [0.25, 0.3) is 5.88 Å². The number of hydrogen-bond donors (Lipinski definition) is 0. The molecule has 61 heavy (non-hydrogen) atoms. The largest absolute Gasteiger partial charge is 0.491 e. The van der Waals surface area contributed by atoms with E-state index < -0.39 is 62.1 Å². The summed E-state index contributed by atoms with van der Waals surface area (Å²) in [6.45, 7) is 5.47. The fraction of sp³-hybridized carbons (Fsp3) is 0.224. The summed E-state index contributed by atoms with van der Waals surface area (Å²) in [6.07, 6.45) is -4.31. The first-order valence-electron chi connectivity index (χ1n) is 19.9. The lowest BCUT2D eigenvalue weighted by molar-refractivity contribution is -0.305. The van der Waals surface area contributed by atoms with Crippen LogP contribution in [0.4, 0.5) is 0 Å². The van der Waals surface area contributed by atoms with Gasteiger partial charge in [-0.1, -0.05) is 126 Å². The molecule has 0 radical (unpaired) electrons. The van der Waals surface area contributed by atoms with Crippen LogP contribution in [-0.4, -0.2) is 80.8 Å². The molecule has 5 atom stereocenters. The number of pyridine rings is 1. The summed E-state index contributed by atoms with van der Waals surface area (Å²) < 4.78 is 46.6. The van der Waals surface area contributed by atoms with Crippen LogP contribution in [0.25, 0.3) is 0 Å². The van der Waals surface area contributed by atoms with Gasteiger partial charge in [-0.05, 0) is 69.3 Å². The highest BCUT2D eigenvalue weighted by atomic mass is 28.3. The summed E-state index contributed by atoms with van der Waals surface area (Å²) in [4.78, 5) is 47.9. The Kier molecular flexibility index (Phi) is 13.4. The Morgan fingerprint density at radius 1 is 0.607 bits per heavy atom. The molecule has 0 unspecified atom stereocenters. The number of aromatic nitrogens is 1. The van der Waals surface area contributed by atoms with E-state index in [1.807, 2.05) is 81.4 Å². The fourth-order valence-corrected chi connectivity index (χ4v) is 10.9. The van der Waals surface area contributed by atoms with Crippen LogP contribution < -0.4 is 19.8 Å². The van der Waals surface area contributed by atoms with Crippen LogP contribution in [0.5, 0.6) is 11.6 Å². The summed E-state index contributed by atoms with van der Waals surface area (Å²) in [5, 5.41) is 1.63. The van der Waals surface area contributed by atoms with Crippen molar-refractivity contribution in [2.75, 3.05) is 13.7 Å². The van der Waals surface area contributed by atoms with E-state index in [1.54, 1.807) is 109 Å². The van der Waals surface area contributed by atoms with Gasteiger partial charge in [-0.15, -0.1) is 0 Å². The molecular weight excluding hydrogens is 791 g/mol. The standard InChI is InChI=1S/C49H47NO10Si/c1-48(2,3)55-33-40-41(56-45(51)34-21-10-5-11-22-34)42(57-46(52)35-23-12-6-13-24-35)43(58-47(53)36-25-14-7-15-26-36)49(59-40,60-44-39(54-4)31-20-32-50-44)61(37-27-16-8-17-28-37)38-29-18-9-19-30-38/h5-32,40-43,61H,33H2,1-4H3/t40-,41+,42+,43-,49-/m1/s1. The van der Waals surface area contributed by atoms with Crippen LogP contribution in [-0.2, 0) is 23.7 Å². The second-order valence-corrected chi connectivity index (χ2v) is 18.3. The molecule has 1 fully saturated rings. The highest BCUT2D eigenvalue weighted by molar-refractivity contribution is 6.87. The van der Waals surface area contributed by atoms with Gasteiger partial charge in [0.05, 0.1) is 36.0 Å². The number of carbonyl (C=O) groups excluding carboxylic acids is 3. The van der Waals surface area contributed by atoms with Crippen molar-refractivity contribution in [1.29, 1.82) is 0 Å². The van der Waals surface area contributed by atoms with E-state index in [0.29, 0.717) is 0 Å². The first-order valence-corrected chi connectivity index (χ1v) is 21.7. The number of esters is 3. The maximum Gasteiger partial charge on any atom is 0.338 e. The van der Waals surface area contributed by atoms with Crippen LogP contribution in [0.3, 0.4) is 0 Å². The summed E-state index contributed by atoms with van der Waals surface area (Å²) in [5.74, 6) is -2.01. The van der Waals surface area contributed by atoms with Crippen molar-refractivity contribution in [3.05, 3.63) is 187 Å². The molecular formula is C49H47NO10Si. The molecule has 2 heterocycles. The Labute approximate surface area is 356 Å². The van der Waals surface area contributed by atoms with E-state index in [4.69, 9.17) is 33.2 Å². The van der Waals surface area contributed by atoms with Crippen LogP contribution in [0, 0.1) is 0 Å². The number of benzene rings is 5. The molecule has 1 aromatic heterocycles. The fourth-order valence-electron chi connectivity index (χ4n) is 7.24. The van der Waals surface area contributed by atoms with E-state index in [2.05, 4.69) is 4.98 Å². The predicted octanol–water partition coefficient (Wildman–Crippen LogP) is 6.64. The average molecular weight is 838 g/mol. The maximum atomic E-state index is 14.6. The van der Waals surface area contributed by atoms with Gasteiger partial charge in [0.1, 0.15) is 6.10 Å². The monoisotopic (exact) mass is 837 g/mol. The molecule has 1 saturated heterocycles. The third-order valence-electron chi connectivity index (χ3n) is 10.0. The normalized spacial score (nSPS) is 20.0. The van der Waals surface area contributed by atoms with Gasteiger partial charge in [-0.25, -0.2) is 19.4 Å². The molecule has 11 nitrogen and oxygen atoms in total. The Morgan fingerprint density at radius 3 is 1.51 bits per heavy atom. The maximum absolute atomic E-state index is 14.6. The van der Waals surface area contributed by atoms with E-state index in [1.165, 1.54) is 7.11 Å². The first-order chi connectivity index (χ1) is 29.6. The Hall–Kier alpha value is -6.60.